The summed E-state index contributed by atoms with van der Waals surface area (Å²) in [6.45, 7) is 2.20. The van der Waals surface area contributed by atoms with Crippen LogP contribution in [0.25, 0.3) is 0 Å². The van der Waals surface area contributed by atoms with Gasteiger partial charge in [0, 0.05) is 6.42 Å². The first-order chi connectivity index (χ1) is 8.27. The van der Waals surface area contributed by atoms with E-state index < -0.39 is 5.97 Å². The van der Waals surface area contributed by atoms with Gasteiger partial charge in [0.1, 0.15) is 0 Å². The third-order valence-corrected chi connectivity index (χ3v) is 3.05. The second-order valence-corrected chi connectivity index (χ2v) is 4.87. The van der Waals surface area contributed by atoms with Gasteiger partial charge < -0.3 is 5.11 Å². The SMILES string of the molecule is CCCCCCCCCC(=O)O.c1ccsc1. The summed E-state index contributed by atoms with van der Waals surface area (Å²) in [5.74, 6) is -0.663. The lowest BCUT2D eigenvalue weighted by molar-refractivity contribution is -0.137. The molecule has 1 N–H and O–H groups in total. The number of carbonyl (C=O) groups is 1. The topological polar surface area (TPSA) is 37.3 Å². The molecular formula is C14H24O2S. The molecule has 2 nitrogen and oxygen atoms in total. The van der Waals surface area contributed by atoms with Crippen molar-refractivity contribution in [2.45, 2.75) is 58.3 Å². The molecule has 1 rings (SSSR count). The van der Waals surface area contributed by atoms with Gasteiger partial charge in [0.15, 0.2) is 0 Å². The Labute approximate surface area is 109 Å². The number of aliphatic carboxylic acids is 1. The standard InChI is InChI=1S/C10H20O2.C4H4S/c1-2-3-4-5-6-7-8-9-10(11)12;1-2-4-5-3-1/h2-9H2,1H3,(H,11,12);1-4H. The van der Waals surface area contributed by atoms with Crippen molar-refractivity contribution < 1.29 is 9.90 Å². The average molecular weight is 256 g/mol. The molecule has 0 bridgehead atoms. The van der Waals surface area contributed by atoms with E-state index in [0.29, 0.717) is 6.42 Å². The highest BCUT2D eigenvalue weighted by atomic mass is 32.1. The fraction of sp³-hybridized carbons (Fsp3) is 0.643. The van der Waals surface area contributed by atoms with Crippen LogP contribution in [0.3, 0.4) is 0 Å². The van der Waals surface area contributed by atoms with Crippen molar-refractivity contribution in [1.82, 2.24) is 0 Å². The molecule has 1 aromatic heterocycles. The number of hydrogen-bond acceptors (Lipinski definition) is 2. The molecule has 0 amide bonds. The summed E-state index contributed by atoms with van der Waals surface area (Å²) >= 11 is 1.71. The molecule has 0 aliphatic carbocycles. The fourth-order valence-corrected chi connectivity index (χ4v) is 1.91. The van der Waals surface area contributed by atoms with Crippen molar-refractivity contribution >= 4 is 17.3 Å². The number of carboxylic acids is 1. The summed E-state index contributed by atoms with van der Waals surface area (Å²) < 4.78 is 0. The van der Waals surface area contributed by atoms with E-state index in [1.54, 1.807) is 11.3 Å². The monoisotopic (exact) mass is 256 g/mol. The average Bonchev–Trinajstić information content (AvgIpc) is 2.86. The smallest absolute Gasteiger partial charge is 0.303 e. The molecule has 0 atom stereocenters. The second kappa shape index (κ2) is 13.2. The lowest BCUT2D eigenvalue weighted by Gasteiger charge is -1.98. The Bertz CT molecular complexity index is 228. The van der Waals surface area contributed by atoms with Crippen molar-refractivity contribution in [2.75, 3.05) is 0 Å². The van der Waals surface area contributed by atoms with E-state index in [9.17, 15) is 4.79 Å². The predicted octanol–water partition coefficient (Wildman–Crippen LogP) is 4.96. The van der Waals surface area contributed by atoms with Gasteiger partial charge in [0.05, 0.1) is 0 Å². The van der Waals surface area contributed by atoms with Crippen molar-refractivity contribution in [2.24, 2.45) is 0 Å². The largest absolute Gasteiger partial charge is 0.481 e. The van der Waals surface area contributed by atoms with E-state index in [-0.39, 0.29) is 0 Å². The van der Waals surface area contributed by atoms with Crippen molar-refractivity contribution in [3.8, 4) is 0 Å². The Morgan fingerprint density at radius 2 is 1.53 bits per heavy atom. The summed E-state index contributed by atoms with van der Waals surface area (Å²) in [4.78, 5) is 10.1. The number of unbranched alkanes of at least 4 members (excludes halogenated alkanes) is 6. The molecule has 0 radical (unpaired) electrons. The third kappa shape index (κ3) is 15.2. The van der Waals surface area contributed by atoms with Crippen molar-refractivity contribution in [3.63, 3.8) is 0 Å². The minimum atomic E-state index is -0.663. The number of rotatable bonds is 8. The Balaban J connectivity index is 0.000000419. The normalized spacial score (nSPS) is 9.47. The third-order valence-electron chi connectivity index (χ3n) is 2.42. The van der Waals surface area contributed by atoms with Crippen LogP contribution < -0.4 is 0 Å². The van der Waals surface area contributed by atoms with E-state index in [1.165, 1.54) is 32.1 Å². The van der Waals surface area contributed by atoms with Crippen LogP contribution in [0.1, 0.15) is 58.3 Å². The van der Waals surface area contributed by atoms with E-state index in [2.05, 4.69) is 6.92 Å². The van der Waals surface area contributed by atoms with Crippen LogP contribution in [-0.4, -0.2) is 11.1 Å². The molecule has 17 heavy (non-hydrogen) atoms. The van der Waals surface area contributed by atoms with Gasteiger partial charge in [-0.15, -0.1) is 0 Å². The zero-order valence-corrected chi connectivity index (χ0v) is 11.5. The molecular weight excluding hydrogens is 232 g/mol. The number of thiophene rings is 1. The van der Waals surface area contributed by atoms with Crippen LogP contribution in [0.4, 0.5) is 0 Å². The van der Waals surface area contributed by atoms with Gasteiger partial charge in [-0.05, 0) is 17.2 Å². The number of carboxylic acid groups (broad SMARTS) is 1. The molecule has 0 aliphatic rings. The molecule has 0 saturated heterocycles. The van der Waals surface area contributed by atoms with Crippen molar-refractivity contribution in [3.05, 3.63) is 22.9 Å². The Morgan fingerprint density at radius 3 is 1.94 bits per heavy atom. The van der Waals surface area contributed by atoms with Gasteiger partial charge in [-0.25, -0.2) is 0 Å². The highest BCUT2D eigenvalue weighted by molar-refractivity contribution is 7.07. The first-order valence-corrected chi connectivity index (χ1v) is 7.40. The van der Waals surface area contributed by atoms with Crippen molar-refractivity contribution in [1.29, 1.82) is 0 Å². The molecule has 0 unspecified atom stereocenters. The van der Waals surface area contributed by atoms with Crippen LogP contribution in [0.2, 0.25) is 0 Å². The van der Waals surface area contributed by atoms with Crippen LogP contribution in [0, 0.1) is 0 Å². The molecule has 0 fully saturated rings. The molecule has 1 heterocycles. The second-order valence-electron chi connectivity index (χ2n) is 4.06. The summed E-state index contributed by atoms with van der Waals surface area (Å²) in [5, 5.41) is 12.4. The Kier molecular flexibility index (Phi) is 12.6. The van der Waals surface area contributed by atoms with E-state index in [4.69, 9.17) is 5.11 Å². The molecule has 0 spiro atoms. The Morgan fingerprint density at radius 1 is 1.00 bits per heavy atom. The maximum absolute atomic E-state index is 10.1. The summed E-state index contributed by atoms with van der Waals surface area (Å²) in [6.07, 6.45) is 8.64. The van der Waals surface area contributed by atoms with Crippen LogP contribution in [0.15, 0.2) is 22.9 Å². The minimum absolute atomic E-state index is 0.341. The number of hydrogen-bond donors (Lipinski definition) is 1. The first-order valence-electron chi connectivity index (χ1n) is 6.46. The predicted molar refractivity (Wildman–Crippen MR) is 74.6 cm³/mol. The summed E-state index contributed by atoms with van der Waals surface area (Å²) in [7, 11) is 0. The van der Waals surface area contributed by atoms with Crippen LogP contribution in [0.5, 0.6) is 0 Å². The van der Waals surface area contributed by atoms with Gasteiger partial charge in [0.2, 0.25) is 0 Å². The van der Waals surface area contributed by atoms with Gasteiger partial charge in [-0.3, -0.25) is 4.79 Å². The van der Waals surface area contributed by atoms with E-state index >= 15 is 0 Å². The van der Waals surface area contributed by atoms with E-state index in [0.717, 1.165) is 12.8 Å². The molecule has 0 aromatic carbocycles. The van der Waals surface area contributed by atoms with Crippen LogP contribution in [-0.2, 0) is 4.79 Å². The molecule has 0 aliphatic heterocycles. The van der Waals surface area contributed by atoms with Gasteiger partial charge in [-0.1, -0.05) is 57.6 Å². The zero-order chi connectivity index (χ0) is 12.8. The van der Waals surface area contributed by atoms with E-state index in [1.807, 2.05) is 22.9 Å². The van der Waals surface area contributed by atoms with Gasteiger partial charge >= 0.3 is 5.97 Å². The lowest BCUT2D eigenvalue weighted by atomic mass is 10.1. The zero-order valence-electron chi connectivity index (χ0n) is 10.7. The minimum Gasteiger partial charge on any atom is -0.481 e. The molecule has 0 saturated carbocycles. The molecule has 1 aromatic rings. The Hall–Kier alpha value is -0.830. The summed E-state index contributed by atoms with van der Waals surface area (Å²) in [6, 6.07) is 4.04. The van der Waals surface area contributed by atoms with Gasteiger partial charge in [-0.2, -0.15) is 11.3 Å². The maximum Gasteiger partial charge on any atom is 0.303 e. The lowest BCUT2D eigenvalue weighted by Crippen LogP contribution is -1.93. The van der Waals surface area contributed by atoms with Gasteiger partial charge in [0.25, 0.3) is 0 Å². The summed E-state index contributed by atoms with van der Waals surface area (Å²) in [5.41, 5.74) is 0. The van der Waals surface area contributed by atoms with Crippen LogP contribution >= 0.6 is 11.3 Å². The first kappa shape index (κ1) is 16.2. The fourth-order valence-electron chi connectivity index (χ4n) is 1.46. The highest BCUT2D eigenvalue weighted by Crippen LogP contribution is 2.07. The molecule has 98 valence electrons. The highest BCUT2D eigenvalue weighted by Gasteiger charge is 1.95. The maximum atomic E-state index is 10.1. The quantitative estimate of drug-likeness (QED) is 0.667. The molecule has 3 heteroatoms.